The number of nitro benzene ring substituents is 1. The number of hydrogen-bond acceptors (Lipinski definition) is 5. The van der Waals surface area contributed by atoms with Crippen molar-refractivity contribution in [3.63, 3.8) is 0 Å². The van der Waals surface area contributed by atoms with Gasteiger partial charge in [0.25, 0.3) is 5.69 Å². The highest BCUT2D eigenvalue weighted by molar-refractivity contribution is 7.89. The van der Waals surface area contributed by atoms with Crippen LogP contribution in [0, 0.1) is 10.1 Å². The second-order valence-corrected chi connectivity index (χ2v) is 6.71. The predicted molar refractivity (Wildman–Crippen MR) is 74.8 cm³/mol. The Balaban J connectivity index is 3.38. The Kier molecular flexibility index (Phi) is 5.26. The predicted octanol–water partition coefficient (Wildman–Crippen LogP) is 1.73. The van der Waals surface area contributed by atoms with Crippen LogP contribution in [0.1, 0.15) is 13.8 Å². The van der Waals surface area contributed by atoms with Gasteiger partial charge >= 0.3 is 5.97 Å². The summed E-state index contributed by atoms with van der Waals surface area (Å²) in [6, 6.07) is 2.38. The third kappa shape index (κ3) is 3.90. The van der Waals surface area contributed by atoms with Gasteiger partial charge in [-0.2, -0.15) is 4.31 Å². The van der Waals surface area contributed by atoms with Crippen molar-refractivity contribution in [2.75, 3.05) is 6.54 Å². The maximum absolute atomic E-state index is 12.4. The Hall–Kier alpha value is -1.71. The molecule has 1 aromatic rings. The van der Waals surface area contributed by atoms with Gasteiger partial charge in [0.1, 0.15) is 11.6 Å². The van der Waals surface area contributed by atoms with E-state index in [0.717, 1.165) is 22.5 Å². The zero-order chi connectivity index (χ0) is 16.4. The average Bonchev–Trinajstić information content (AvgIpc) is 2.35. The van der Waals surface area contributed by atoms with Crippen LogP contribution < -0.4 is 0 Å². The molecule has 1 rings (SSSR count). The Morgan fingerprint density at radius 1 is 1.48 bits per heavy atom. The topological polar surface area (TPSA) is 118 Å². The highest BCUT2D eigenvalue weighted by atomic mass is 35.5. The SMILES string of the molecule is CC(C)N(CC(=O)O)S(=O)(=O)c1ccc(Cl)c([N+](=O)[O-])c1. The fourth-order valence-electron chi connectivity index (χ4n) is 1.61. The monoisotopic (exact) mass is 336 g/mol. The number of sulfonamides is 1. The van der Waals surface area contributed by atoms with E-state index in [2.05, 4.69) is 0 Å². The van der Waals surface area contributed by atoms with Crippen LogP contribution in [0.25, 0.3) is 0 Å². The van der Waals surface area contributed by atoms with Crippen LogP contribution in [0.4, 0.5) is 5.69 Å². The van der Waals surface area contributed by atoms with Crippen molar-refractivity contribution in [2.24, 2.45) is 0 Å². The van der Waals surface area contributed by atoms with Gasteiger partial charge in [0.15, 0.2) is 0 Å². The lowest BCUT2D eigenvalue weighted by molar-refractivity contribution is -0.384. The third-order valence-corrected chi connectivity index (χ3v) is 4.93. The van der Waals surface area contributed by atoms with Gasteiger partial charge in [-0.05, 0) is 26.0 Å². The van der Waals surface area contributed by atoms with E-state index in [4.69, 9.17) is 16.7 Å². The minimum atomic E-state index is -4.18. The molecule has 0 aliphatic carbocycles. The summed E-state index contributed by atoms with van der Waals surface area (Å²) in [5, 5.41) is 19.4. The highest BCUT2D eigenvalue weighted by Gasteiger charge is 2.30. The van der Waals surface area contributed by atoms with Crippen molar-refractivity contribution >= 4 is 33.3 Å². The molecule has 0 aliphatic heterocycles. The second-order valence-electron chi connectivity index (χ2n) is 4.41. The first kappa shape index (κ1) is 17.3. The molecule has 0 amide bonds. The van der Waals surface area contributed by atoms with Crippen LogP contribution >= 0.6 is 11.6 Å². The van der Waals surface area contributed by atoms with Gasteiger partial charge in [-0.25, -0.2) is 8.42 Å². The Bertz CT molecular complexity index is 673. The molecular formula is C11H13ClN2O6S. The van der Waals surface area contributed by atoms with E-state index in [-0.39, 0.29) is 9.92 Å². The zero-order valence-electron chi connectivity index (χ0n) is 11.2. The number of nitro groups is 1. The van der Waals surface area contributed by atoms with E-state index < -0.39 is 39.2 Å². The summed E-state index contributed by atoms with van der Waals surface area (Å²) in [4.78, 5) is 20.4. The summed E-state index contributed by atoms with van der Waals surface area (Å²) in [6.45, 7) is 2.27. The standard InChI is InChI=1S/C11H13ClN2O6S/c1-7(2)13(6-11(15)16)21(19,20)8-3-4-9(12)10(5-8)14(17)18/h3-5,7H,6H2,1-2H3,(H,15,16). The molecule has 1 N–H and O–H groups in total. The van der Waals surface area contributed by atoms with Gasteiger partial charge in [0.05, 0.1) is 9.82 Å². The van der Waals surface area contributed by atoms with Gasteiger partial charge in [-0.3, -0.25) is 14.9 Å². The van der Waals surface area contributed by atoms with Crippen LogP contribution in [-0.2, 0) is 14.8 Å². The maximum atomic E-state index is 12.4. The quantitative estimate of drug-likeness (QED) is 0.624. The number of carboxylic acids is 1. The largest absolute Gasteiger partial charge is 0.480 e. The molecule has 0 aliphatic rings. The van der Waals surface area contributed by atoms with E-state index in [9.17, 15) is 23.3 Å². The van der Waals surface area contributed by atoms with Crippen molar-refractivity contribution in [2.45, 2.75) is 24.8 Å². The fourth-order valence-corrected chi connectivity index (χ4v) is 3.40. The van der Waals surface area contributed by atoms with E-state index >= 15 is 0 Å². The van der Waals surface area contributed by atoms with E-state index in [1.165, 1.54) is 13.8 Å². The molecule has 0 heterocycles. The minimum Gasteiger partial charge on any atom is -0.480 e. The second kappa shape index (κ2) is 6.37. The van der Waals surface area contributed by atoms with Gasteiger partial charge in [0.2, 0.25) is 10.0 Å². The van der Waals surface area contributed by atoms with Crippen molar-refractivity contribution < 1.29 is 23.2 Å². The number of halogens is 1. The molecule has 0 atom stereocenters. The lowest BCUT2D eigenvalue weighted by Crippen LogP contribution is -2.40. The van der Waals surface area contributed by atoms with Crippen molar-refractivity contribution in [3.8, 4) is 0 Å². The van der Waals surface area contributed by atoms with E-state index in [1.807, 2.05) is 0 Å². The third-order valence-electron chi connectivity index (χ3n) is 2.59. The van der Waals surface area contributed by atoms with Gasteiger partial charge < -0.3 is 5.11 Å². The first-order valence-electron chi connectivity index (χ1n) is 5.75. The van der Waals surface area contributed by atoms with Crippen molar-refractivity contribution in [3.05, 3.63) is 33.3 Å². The highest BCUT2D eigenvalue weighted by Crippen LogP contribution is 2.29. The molecule has 8 nitrogen and oxygen atoms in total. The Morgan fingerprint density at radius 2 is 2.05 bits per heavy atom. The Morgan fingerprint density at radius 3 is 2.48 bits per heavy atom. The molecule has 10 heteroatoms. The molecule has 0 saturated heterocycles. The Labute approximate surface area is 126 Å². The molecule has 0 radical (unpaired) electrons. The summed E-state index contributed by atoms with van der Waals surface area (Å²) >= 11 is 5.62. The molecule has 116 valence electrons. The van der Waals surface area contributed by atoms with Crippen LogP contribution in [-0.4, -0.2) is 41.3 Å². The van der Waals surface area contributed by atoms with Crippen LogP contribution in [0.2, 0.25) is 5.02 Å². The summed E-state index contributed by atoms with van der Waals surface area (Å²) in [5.74, 6) is -1.32. The van der Waals surface area contributed by atoms with Gasteiger partial charge in [-0.1, -0.05) is 11.6 Å². The van der Waals surface area contributed by atoms with Gasteiger partial charge in [-0.15, -0.1) is 0 Å². The first-order chi connectivity index (χ1) is 9.57. The lowest BCUT2D eigenvalue weighted by atomic mass is 10.3. The number of aliphatic carboxylic acids is 1. The molecule has 0 bridgehead atoms. The molecule has 0 fully saturated rings. The summed E-state index contributed by atoms with van der Waals surface area (Å²) < 4.78 is 25.5. The average molecular weight is 337 g/mol. The molecule has 0 aromatic heterocycles. The van der Waals surface area contributed by atoms with Crippen LogP contribution in [0.5, 0.6) is 0 Å². The van der Waals surface area contributed by atoms with Gasteiger partial charge in [0, 0.05) is 12.1 Å². The number of carboxylic acid groups (broad SMARTS) is 1. The summed E-state index contributed by atoms with van der Waals surface area (Å²) in [5.41, 5.74) is -0.559. The minimum absolute atomic E-state index is 0.201. The number of rotatable bonds is 6. The van der Waals surface area contributed by atoms with E-state index in [0.29, 0.717) is 0 Å². The molecule has 1 aromatic carbocycles. The smallest absolute Gasteiger partial charge is 0.318 e. The summed E-state index contributed by atoms with van der Waals surface area (Å²) in [7, 11) is -4.18. The molecule has 0 saturated carbocycles. The van der Waals surface area contributed by atoms with Crippen molar-refractivity contribution in [1.29, 1.82) is 0 Å². The molecule has 21 heavy (non-hydrogen) atoms. The molecule has 0 unspecified atom stereocenters. The normalized spacial score (nSPS) is 11.9. The lowest BCUT2D eigenvalue weighted by Gasteiger charge is -2.24. The number of nitrogens with zero attached hydrogens (tertiary/aromatic N) is 2. The van der Waals surface area contributed by atoms with Crippen molar-refractivity contribution in [1.82, 2.24) is 4.31 Å². The van der Waals surface area contributed by atoms with E-state index in [1.54, 1.807) is 0 Å². The zero-order valence-corrected chi connectivity index (χ0v) is 12.8. The number of benzene rings is 1. The number of carbonyl (C=O) groups is 1. The molecule has 0 spiro atoms. The van der Waals surface area contributed by atoms with Crippen LogP contribution in [0.3, 0.4) is 0 Å². The first-order valence-corrected chi connectivity index (χ1v) is 7.56. The summed E-state index contributed by atoms with van der Waals surface area (Å²) in [6.07, 6.45) is 0. The van der Waals surface area contributed by atoms with Crippen LogP contribution in [0.15, 0.2) is 23.1 Å². The maximum Gasteiger partial charge on any atom is 0.318 e. The number of hydrogen-bond donors (Lipinski definition) is 1. The molecular weight excluding hydrogens is 324 g/mol. The fraction of sp³-hybridized carbons (Fsp3) is 0.364.